The zero-order chi connectivity index (χ0) is 16.5. The zero-order valence-electron chi connectivity index (χ0n) is 13.6. The minimum Gasteiger partial charge on any atom is -0.480 e. The van der Waals surface area contributed by atoms with Gasteiger partial charge in [0.15, 0.2) is 0 Å². The highest BCUT2D eigenvalue weighted by atomic mass is 16.5. The summed E-state index contributed by atoms with van der Waals surface area (Å²) in [6, 6.07) is 3.50. The van der Waals surface area contributed by atoms with Gasteiger partial charge in [0.25, 0.3) is 5.91 Å². The molecular weight excluding hydrogens is 308 g/mol. The van der Waals surface area contributed by atoms with Crippen LogP contribution in [0.25, 0.3) is 0 Å². The van der Waals surface area contributed by atoms with Crippen molar-refractivity contribution in [2.45, 2.75) is 37.5 Å². The summed E-state index contributed by atoms with van der Waals surface area (Å²) in [6.45, 7) is 1.34. The van der Waals surface area contributed by atoms with Crippen molar-refractivity contribution in [2.75, 3.05) is 20.2 Å². The van der Waals surface area contributed by atoms with Gasteiger partial charge in [0, 0.05) is 31.1 Å². The van der Waals surface area contributed by atoms with Gasteiger partial charge in [-0.3, -0.25) is 4.79 Å². The molecule has 0 aromatic carbocycles. The third-order valence-electron chi connectivity index (χ3n) is 4.71. The SMILES string of the molecule is COc1ncccc1C(=O)N1CCC(c2nnc(C3CC3)o2)CC1. The summed E-state index contributed by atoms with van der Waals surface area (Å²) < 4.78 is 11.0. The number of nitrogens with zero attached hydrogens (tertiary/aromatic N) is 4. The fourth-order valence-electron chi connectivity index (χ4n) is 3.12. The third-order valence-corrected chi connectivity index (χ3v) is 4.71. The van der Waals surface area contributed by atoms with Crippen LogP contribution in [0.2, 0.25) is 0 Å². The quantitative estimate of drug-likeness (QED) is 0.857. The molecule has 0 bridgehead atoms. The van der Waals surface area contributed by atoms with Gasteiger partial charge >= 0.3 is 0 Å². The van der Waals surface area contributed by atoms with Crippen LogP contribution in [0.5, 0.6) is 5.88 Å². The first-order chi connectivity index (χ1) is 11.8. The summed E-state index contributed by atoms with van der Waals surface area (Å²) in [5.74, 6) is 2.56. The average molecular weight is 328 g/mol. The van der Waals surface area contributed by atoms with Crippen LogP contribution in [-0.4, -0.2) is 46.2 Å². The molecule has 7 nitrogen and oxygen atoms in total. The molecule has 0 spiro atoms. The maximum Gasteiger partial charge on any atom is 0.259 e. The Hall–Kier alpha value is -2.44. The van der Waals surface area contributed by atoms with Crippen LogP contribution < -0.4 is 4.74 Å². The first kappa shape index (κ1) is 15.1. The molecule has 2 aliphatic rings. The van der Waals surface area contributed by atoms with Gasteiger partial charge in [-0.05, 0) is 37.8 Å². The van der Waals surface area contributed by atoms with Crippen molar-refractivity contribution in [1.29, 1.82) is 0 Å². The van der Waals surface area contributed by atoms with Gasteiger partial charge in [-0.25, -0.2) is 4.98 Å². The molecule has 24 heavy (non-hydrogen) atoms. The molecular formula is C17H20N4O3. The maximum absolute atomic E-state index is 12.7. The number of piperidine rings is 1. The molecule has 3 heterocycles. The summed E-state index contributed by atoms with van der Waals surface area (Å²) in [5, 5.41) is 8.36. The van der Waals surface area contributed by atoms with E-state index in [-0.39, 0.29) is 11.8 Å². The number of methoxy groups -OCH3 is 1. The van der Waals surface area contributed by atoms with E-state index in [2.05, 4.69) is 15.2 Å². The molecule has 1 amide bonds. The Balaban J connectivity index is 1.40. The van der Waals surface area contributed by atoms with Crippen LogP contribution >= 0.6 is 0 Å². The molecule has 2 aromatic heterocycles. The molecule has 0 N–H and O–H groups in total. The van der Waals surface area contributed by atoms with Gasteiger partial charge < -0.3 is 14.1 Å². The number of hydrogen-bond acceptors (Lipinski definition) is 6. The van der Waals surface area contributed by atoms with Gasteiger partial charge in [-0.15, -0.1) is 10.2 Å². The standard InChI is InChI=1S/C17H20N4O3/c1-23-16-13(3-2-8-18-16)17(22)21-9-6-12(7-10-21)15-20-19-14(24-15)11-4-5-11/h2-3,8,11-12H,4-7,9-10H2,1H3. The monoisotopic (exact) mass is 328 g/mol. The normalized spacial score (nSPS) is 18.6. The molecule has 1 saturated carbocycles. The lowest BCUT2D eigenvalue weighted by atomic mass is 9.96. The fourth-order valence-corrected chi connectivity index (χ4v) is 3.12. The first-order valence-electron chi connectivity index (χ1n) is 8.38. The molecule has 0 radical (unpaired) electrons. The Labute approximate surface area is 140 Å². The van der Waals surface area contributed by atoms with E-state index in [0.29, 0.717) is 30.5 Å². The minimum atomic E-state index is -0.0393. The lowest BCUT2D eigenvalue weighted by Gasteiger charge is -2.30. The predicted octanol–water partition coefficient (Wildman–Crippen LogP) is 2.37. The van der Waals surface area contributed by atoms with Gasteiger partial charge in [-0.1, -0.05) is 0 Å². The summed E-state index contributed by atoms with van der Waals surface area (Å²) in [6.07, 6.45) is 5.60. The largest absolute Gasteiger partial charge is 0.480 e. The predicted molar refractivity (Wildman–Crippen MR) is 84.9 cm³/mol. The van der Waals surface area contributed by atoms with E-state index in [1.54, 1.807) is 18.3 Å². The second-order valence-corrected chi connectivity index (χ2v) is 6.38. The number of carbonyl (C=O) groups excluding carboxylic acids is 1. The van der Waals surface area contributed by atoms with E-state index in [4.69, 9.17) is 9.15 Å². The molecule has 0 atom stereocenters. The molecule has 2 aromatic rings. The maximum atomic E-state index is 12.7. The van der Waals surface area contributed by atoms with Crippen molar-refractivity contribution in [3.8, 4) is 5.88 Å². The van der Waals surface area contributed by atoms with Gasteiger partial charge in [0.05, 0.1) is 7.11 Å². The van der Waals surface area contributed by atoms with Crippen molar-refractivity contribution in [2.24, 2.45) is 0 Å². The van der Waals surface area contributed by atoms with Crippen molar-refractivity contribution >= 4 is 5.91 Å². The summed E-state index contributed by atoms with van der Waals surface area (Å²) >= 11 is 0. The van der Waals surface area contributed by atoms with Crippen LogP contribution in [-0.2, 0) is 0 Å². The van der Waals surface area contributed by atoms with Crippen LogP contribution in [0.3, 0.4) is 0 Å². The highest BCUT2D eigenvalue weighted by Gasteiger charge is 2.32. The number of rotatable bonds is 4. The van der Waals surface area contributed by atoms with Crippen molar-refractivity contribution < 1.29 is 13.9 Å². The van der Waals surface area contributed by atoms with Crippen molar-refractivity contribution in [3.05, 3.63) is 35.7 Å². The average Bonchev–Trinajstić information content (AvgIpc) is 3.38. The summed E-state index contributed by atoms with van der Waals surface area (Å²) in [7, 11) is 1.53. The molecule has 1 saturated heterocycles. The lowest BCUT2D eigenvalue weighted by Crippen LogP contribution is -2.38. The van der Waals surface area contributed by atoms with Crippen molar-refractivity contribution in [1.82, 2.24) is 20.1 Å². The van der Waals surface area contributed by atoms with Gasteiger partial charge in [-0.2, -0.15) is 0 Å². The Morgan fingerprint density at radius 2 is 1.83 bits per heavy atom. The molecule has 1 aliphatic heterocycles. The third kappa shape index (κ3) is 2.86. The number of likely N-dealkylation sites (tertiary alicyclic amines) is 1. The Bertz CT molecular complexity index is 733. The molecule has 0 unspecified atom stereocenters. The topological polar surface area (TPSA) is 81.4 Å². The van der Waals surface area contributed by atoms with E-state index in [0.717, 1.165) is 37.5 Å². The minimum absolute atomic E-state index is 0.0393. The molecule has 7 heteroatoms. The van der Waals surface area contributed by atoms with Gasteiger partial charge in [0.1, 0.15) is 5.56 Å². The number of amides is 1. The second-order valence-electron chi connectivity index (χ2n) is 6.38. The number of carbonyl (C=O) groups is 1. The number of ether oxygens (including phenoxy) is 1. The number of pyridine rings is 1. The summed E-state index contributed by atoms with van der Waals surface area (Å²) in [4.78, 5) is 18.6. The Kier molecular flexibility index (Phi) is 3.92. The Morgan fingerprint density at radius 1 is 1.17 bits per heavy atom. The van der Waals surface area contributed by atoms with E-state index in [9.17, 15) is 4.79 Å². The molecule has 1 aliphatic carbocycles. The fraction of sp³-hybridized carbons (Fsp3) is 0.529. The lowest BCUT2D eigenvalue weighted by molar-refractivity contribution is 0.0701. The first-order valence-corrected chi connectivity index (χ1v) is 8.38. The van der Waals surface area contributed by atoms with E-state index < -0.39 is 0 Å². The number of aromatic nitrogens is 3. The molecule has 126 valence electrons. The molecule has 2 fully saturated rings. The van der Waals surface area contributed by atoms with Crippen LogP contribution in [0.4, 0.5) is 0 Å². The van der Waals surface area contributed by atoms with Crippen LogP contribution in [0.1, 0.15) is 59.7 Å². The van der Waals surface area contributed by atoms with Crippen LogP contribution in [0.15, 0.2) is 22.7 Å². The highest BCUT2D eigenvalue weighted by Crippen LogP contribution is 2.40. The second kappa shape index (κ2) is 6.22. The molecule has 4 rings (SSSR count). The summed E-state index contributed by atoms with van der Waals surface area (Å²) in [5.41, 5.74) is 0.507. The van der Waals surface area contributed by atoms with Crippen molar-refractivity contribution in [3.63, 3.8) is 0 Å². The van der Waals surface area contributed by atoms with E-state index >= 15 is 0 Å². The number of hydrogen-bond donors (Lipinski definition) is 0. The Morgan fingerprint density at radius 3 is 2.46 bits per heavy atom. The highest BCUT2D eigenvalue weighted by molar-refractivity contribution is 5.96. The van der Waals surface area contributed by atoms with Gasteiger partial charge in [0.2, 0.25) is 17.7 Å². The zero-order valence-corrected chi connectivity index (χ0v) is 13.6. The smallest absolute Gasteiger partial charge is 0.259 e. The van der Waals surface area contributed by atoms with E-state index in [1.165, 1.54) is 7.11 Å². The van der Waals surface area contributed by atoms with E-state index in [1.807, 2.05) is 4.90 Å². The van der Waals surface area contributed by atoms with Crippen LogP contribution in [0, 0.1) is 0 Å².